The summed E-state index contributed by atoms with van der Waals surface area (Å²) < 4.78 is 2.05. The molecule has 1 saturated heterocycles. The molecule has 45 heavy (non-hydrogen) atoms. The maximum absolute atomic E-state index is 14.2. The van der Waals surface area contributed by atoms with Gasteiger partial charge >= 0.3 is 0 Å². The Morgan fingerprint density at radius 1 is 1.13 bits per heavy atom. The Kier molecular flexibility index (Phi) is 9.08. The Labute approximate surface area is 269 Å². The number of carbonyl (C=O) groups excluding carboxylic acids is 3. The van der Waals surface area contributed by atoms with Crippen LogP contribution < -0.4 is 5.32 Å². The summed E-state index contributed by atoms with van der Waals surface area (Å²) in [7, 11) is 3.85. The Balaban J connectivity index is 1.52. The van der Waals surface area contributed by atoms with Gasteiger partial charge in [0.2, 0.25) is 11.8 Å². The molecule has 12 nitrogen and oxygen atoms in total. The van der Waals surface area contributed by atoms with E-state index in [1.807, 2.05) is 32.0 Å². The minimum atomic E-state index is -0.842. The molecular weight excluding hydrogens is 638 g/mol. The molecule has 5 heterocycles. The highest BCUT2D eigenvalue weighted by Gasteiger charge is 2.46. The number of amides is 2. The normalized spacial score (nSPS) is 17.9. The molecule has 0 saturated carbocycles. The molecular formula is C32H34BrN9O3. The molecule has 0 unspecified atom stereocenters. The molecule has 3 atom stereocenters. The number of nitrogens with zero attached hydrogens (tertiary/aromatic N) is 8. The average molecular weight is 673 g/mol. The van der Waals surface area contributed by atoms with E-state index in [0.717, 1.165) is 5.56 Å². The summed E-state index contributed by atoms with van der Waals surface area (Å²) in [5.74, 6) is 2.62. The number of aromatic nitrogens is 6. The van der Waals surface area contributed by atoms with E-state index in [9.17, 15) is 14.4 Å². The summed E-state index contributed by atoms with van der Waals surface area (Å²) in [5, 5.41) is 8.02. The third-order valence-corrected chi connectivity index (χ3v) is 8.31. The number of rotatable bonds is 8. The highest BCUT2D eigenvalue weighted by Crippen LogP contribution is 2.33. The van der Waals surface area contributed by atoms with Gasteiger partial charge in [0.1, 0.15) is 34.5 Å². The van der Waals surface area contributed by atoms with Crippen LogP contribution in [-0.4, -0.2) is 89.8 Å². The fourth-order valence-corrected chi connectivity index (χ4v) is 6.17. The Hall–Kier alpha value is -4.54. The fourth-order valence-electron chi connectivity index (χ4n) is 5.86. The van der Waals surface area contributed by atoms with Gasteiger partial charge < -0.3 is 15.1 Å². The summed E-state index contributed by atoms with van der Waals surface area (Å²) in [6.45, 7) is 7.20. The quantitative estimate of drug-likeness (QED) is 0.169. The monoisotopic (exact) mass is 671 g/mol. The second-order valence-corrected chi connectivity index (χ2v) is 12.4. The summed E-state index contributed by atoms with van der Waals surface area (Å²) in [5.41, 5.74) is 3.38. The zero-order valence-electron chi connectivity index (χ0n) is 26.0. The smallest absolute Gasteiger partial charge is 0.248 e. The van der Waals surface area contributed by atoms with E-state index in [1.54, 1.807) is 38.4 Å². The van der Waals surface area contributed by atoms with E-state index in [2.05, 4.69) is 47.2 Å². The van der Waals surface area contributed by atoms with Gasteiger partial charge in [-0.05, 0) is 74.9 Å². The van der Waals surface area contributed by atoms with Crippen molar-refractivity contribution in [1.29, 1.82) is 0 Å². The van der Waals surface area contributed by atoms with Crippen LogP contribution >= 0.6 is 15.9 Å². The van der Waals surface area contributed by atoms with Crippen molar-refractivity contribution >= 4 is 50.2 Å². The topological polar surface area (TPSA) is 139 Å². The summed E-state index contributed by atoms with van der Waals surface area (Å²) in [6, 6.07) is 3.92. The number of aryl methyl sites for hydroxylation is 3. The minimum Gasteiger partial charge on any atom is -0.315 e. The molecule has 5 rings (SSSR count). The van der Waals surface area contributed by atoms with E-state index in [4.69, 9.17) is 11.4 Å². The van der Waals surface area contributed by atoms with Crippen LogP contribution in [0.2, 0.25) is 0 Å². The van der Waals surface area contributed by atoms with Crippen molar-refractivity contribution in [2.75, 3.05) is 26.0 Å². The van der Waals surface area contributed by atoms with E-state index in [-0.39, 0.29) is 29.8 Å². The van der Waals surface area contributed by atoms with Gasteiger partial charge in [0.05, 0.1) is 22.9 Å². The van der Waals surface area contributed by atoms with Crippen molar-refractivity contribution in [1.82, 2.24) is 39.5 Å². The number of terminal acetylenes is 1. The van der Waals surface area contributed by atoms with Crippen molar-refractivity contribution in [3.8, 4) is 23.6 Å². The molecule has 0 aliphatic carbocycles. The lowest BCUT2D eigenvalue weighted by Gasteiger charge is -2.29. The highest BCUT2D eigenvalue weighted by molar-refractivity contribution is 9.10. The third-order valence-electron chi connectivity index (χ3n) is 7.87. The van der Waals surface area contributed by atoms with E-state index >= 15 is 0 Å². The van der Waals surface area contributed by atoms with Crippen LogP contribution in [0.1, 0.15) is 40.9 Å². The molecule has 232 valence electrons. The first kappa shape index (κ1) is 31.9. The van der Waals surface area contributed by atoms with E-state index in [0.29, 0.717) is 57.1 Å². The predicted octanol–water partition coefficient (Wildman–Crippen LogP) is 3.59. The first-order chi connectivity index (χ1) is 21.4. The standard InChI is InChI=1S/C32H34BrN9O3/c1-8-25-21(15-40(6)7)11-26(32(45)38-31-17(2)9-10-27(33)37-31)42(25)28(44)16-41-30-18(3)36-24(22-13-34-20(5)35-14-22)12-23(30)29(39-41)19(4)43/h1,9-10,12-14,21,25-26H,11,15-16H2,2-7H3,(H,37,38,45)/t21-,25-,26+/m1/s1. The molecule has 4 aromatic heterocycles. The largest absolute Gasteiger partial charge is 0.315 e. The van der Waals surface area contributed by atoms with Crippen molar-refractivity contribution in [2.45, 2.75) is 52.7 Å². The molecule has 1 N–H and O–H groups in total. The van der Waals surface area contributed by atoms with Gasteiger partial charge in [-0.25, -0.2) is 15.0 Å². The molecule has 2 amide bonds. The van der Waals surface area contributed by atoms with Gasteiger partial charge in [-0.3, -0.25) is 24.0 Å². The minimum absolute atomic E-state index is 0.147. The number of halogens is 1. The number of anilines is 1. The lowest BCUT2D eigenvalue weighted by molar-refractivity contribution is -0.138. The van der Waals surface area contributed by atoms with E-state index < -0.39 is 18.0 Å². The molecule has 13 heteroatoms. The highest BCUT2D eigenvalue weighted by atomic mass is 79.9. The Bertz CT molecular complexity index is 1850. The zero-order chi connectivity index (χ0) is 32.6. The lowest BCUT2D eigenvalue weighted by Crippen LogP contribution is -2.48. The Morgan fingerprint density at radius 3 is 2.49 bits per heavy atom. The summed E-state index contributed by atoms with van der Waals surface area (Å²) in [4.78, 5) is 61.8. The first-order valence-electron chi connectivity index (χ1n) is 14.4. The van der Waals surface area contributed by atoms with Crippen LogP contribution in [-0.2, 0) is 16.1 Å². The van der Waals surface area contributed by atoms with Crippen LogP contribution in [0.4, 0.5) is 5.82 Å². The molecule has 1 fully saturated rings. The first-order valence-corrected chi connectivity index (χ1v) is 15.2. The fraction of sp³-hybridized carbons (Fsp3) is 0.375. The van der Waals surface area contributed by atoms with Crippen LogP contribution in [0.5, 0.6) is 0 Å². The number of hydrogen-bond acceptors (Lipinski definition) is 9. The van der Waals surface area contributed by atoms with Gasteiger partial charge in [-0.15, -0.1) is 6.42 Å². The van der Waals surface area contributed by atoms with Crippen LogP contribution in [0.25, 0.3) is 22.2 Å². The number of nitrogens with one attached hydrogen (secondary N) is 1. The second kappa shape index (κ2) is 12.8. The maximum Gasteiger partial charge on any atom is 0.248 e. The van der Waals surface area contributed by atoms with Crippen molar-refractivity contribution in [2.24, 2.45) is 5.92 Å². The molecule has 0 spiro atoms. The van der Waals surface area contributed by atoms with Crippen molar-refractivity contribution in [3.63, 3.8) is 0 Å². The third kappa shape index (κ3) is 6.48. The number of Topliss-reactive ketones (excluding diaryl/α,β-unsaturated/α-hetero) is 1. The second-order valence-electron chi connectivity index (χ2n) is 11.5. The van der Waals surface area contributed by atoms with Crippen LogP contribution in [0.15, 0.2) is 35.2 Å². The number of hydrogen-bond donors (Lipinski definition) is 1. The summed E-state index contributed by atoms with van der Waals surface area (Å²) in [6.07, 6.45) is 9.74. The summed E-state index contributed by atoms with van der Waals surface area (Å²) >= 11 is 3.35. The van der Waals surface area contributed by atoms with Gasteiger partial charge in [0, 0.05) is 42.7 Å². The number of ketones is 1. The predicted molar refractivity (Wildman–Crippen MR) is 173 cm³/mol. The van der Waals surface area contributed by atoms with Crippen LogP contribution in [0, 0.1) is 39.0 Å². The average Bonchev–Trinajstić information content (AvgIpc) is 3.53. The molecule has 0 radical (unpaired) electrons. The number of likely N-dealkylation sites (tertiary alicyclic amines) is 1. The SMILES string of the molecule is C#C[C@@H]1[C@@H](CN(C)C)C[C@@H](C(=O)Nc2nc(Br)ccc2C)N1C(=O)Cn1nc(C(C)=O)c2cc(-c3cnc(C)nc3)nc(C)c21. The Morgan fingerprint density at radius 2 is 1.84 bits per heavy atom. The van der Waals surface area contributed by atoms with Crippen molar-refractivity contribution < 1.29 is 14.4 Å². The number of fused-ring (bicyclic) bond motifs is 1. The zero-order valence-corrected chi connectivity index (χ0v) is 27.6. The van der Waals surface area contributed by atoms with E-state index in [1.165, 1.54) is 16.5 Å². The van der Waals surface area contributed by atoms with Crippen LogP contribution in [0.3, 0.4) is 0 Å². The molecule has 4 aromatic rings. The molecule has 0 bridgehead atoms. The molecule has 1 aliphatic heterocycles. The molecule has 1 aliphatic rings. The van der Waals surface area contributed by atoms with Gasteiger partial charge in [-0.2, -0.15) is 5.10 Å². The lowest BCUT2D eigenvalue weighted by atomic mass is 9.98. The maximum atomic E-state index is 14.2. The number of carbonyl (C=O) groups is 3. The van der Waals surface area contributed by atoms with Crippen molar-refractivity contribution in [3.05, 3.63) is 58.0 Å². The number of pyridine rings is 2. The van der Waals surface area contributed by atoms with Gasteiger partial charge in [-0.1, -0.05) is 12.0 Å². The van der Waals surface area contributed by atoms with Gasteiger partial charge in [0.25, 0.3) is 0 Å². The molecule has 0 aromatic carbocycles. The van der Waals surface area contributed by atoms with Gasteiger partial charge in [0.15, 0.2) is 5.78 Å².